The summed E-state index contributed by atoms with van der Waals surface area (Å²) in [4.78, 5) is 32.3. The molecule has 0 saturated heterocycles. The summed E-state index contributed by atoms with van der Waals surface area (Å²) in [7, 11) is 0. The fourth-order valence-electron chi connectivity index (χ4n) is 1.02. The van der Waals surface area contributed by atoms with Crippen molar-refractivity contribution in [2.75, 3.05) is 13.2 Å². The number of carbonyl (C=O) groups is 3. The van der Waals surface area contributed by atoms with Gasteiger partial charge in [-0.1, -0.05) is 0 Å². The zero-order valence-electron chi connectivity index (χ0n) is 9.70. The highest BCUT2D eigenvalue weighted by atomic mass is 19.4. The van der Waals surface area contributed by atoms with Gasteiger partial charge in [0, 0.05) is 6.42 Å². The van der Waals surface area contributed by atoms with E-state index in [0.29, 0.717) is 0 Å². The molecule has 1 atom stereocenters. The number of aliphatic carboxylic acids is 1. The second kappa shape index (κ2) is 7.56. The molecule has 0 bridgehead atoms. The second-order valence-corrected chi connectivity index (χ2v) is 3.55. The van der Waals surface area contributed by atoms with E-state index in [1.54, 1.807) is 0 Å². The lowest BCUT2D eigenvalue weighted by atomic mass is 10.2. The van der Waals surface area contributed by atoms with E-state index in [-0.39, 0.29) is 0 Å². The van der Waals surface area contributed by atoms with Crippen LogP contribution in [0.5, 0.6) is 0 Å². The van der Waals surface area contributed by atoms with E-state index in [1.807, 2.05) is 5.32 Å². The summed E-state index contributed by atoms with van der Waals surface area (Å²) in [5.41, 5.74) is 4.77. The largest absolute Gasteiger partial charge is 0.480 e. The highest BCUT2D eigenvalue weighted by Crippen LogP contribution is 2.14. The molecule has 0 radical (unpaired) electrons. The van der Waals surface area contributed by atoms with Crippen LogP contribution in [0.3, 0.4) is 0 Å². The summed E-state index contributed by atoms with van der Waals surface area (Å²) in [5.74, 6) is -3.25. The number of alkyl halides is 3. The van der Waals surface area contributed by atoms with E-state index in [2.05, 4.69) is 4.74 Å². The number of ether oxygens (including phenoxy) is 1. The summed E-state index contributed by atoms with van der Waals surface area (Å²) in [6.45, 7) is -2.02. The Morgan fingerprint density at radius 3 is 2.32 bits per heavy atom. The van der Waals surface area contributed by atoms with Crippen molar-refractivity contribution in [3.63, 3.8) is 0 Å². The minimum absolute atomic E-state index is 0.460. The first kappa shape index (κ1) is 17.2. The van der Waals surface area contributed by atoms with Crippen LogP contribution in [0.4, 0.5) is 13.2 Å². The summed E-state index contributed by atoms with van der Waals surface area (Å²) in [6.07, 6.45) is -5.56. The molecule has 0 saturated carbocycles. The monoisotopic (exact) mass is 286 g/mol. The number of hydrogen-bond donors (Lipinski definition) is 3. The van der Waals surface area contributed by atoms with Gasteiger partial charge >= 0.3 is 12.1 Å². The van der Waals surface area contributed by atoms with Crippen LogP contribution in [0.25, 0.3) is 0 Å². The molecule has 0 aromatic heterocycles. The quantitative estimate of drug-likeness (QED) is 0.515. The Morgan fingerprint density at radius 1 is 1.32 bits per heavy atom. The smallest absolute Gasteiger partial charge is 0.411 e. The number of hydrogen-bond acceptors (Lipinski definition) is 4. The van der Waals surface area contributed by atoms with E-state index >= 15 is 0 Å². The molecule has 110 valence electrons. The van der Waals surface area contributed by atoms with Gasteiger partial charge in [-0.2, -0.15) is 13.2 Å². The van der Waals surface area contributed by atoms with Crippen molar-refractivity contribution in [3.8, 4) is 0 Å². The van der Waals surface area contributed by atoms with Gasteiger partial charge < -0.3 is 20.9 Å². The van der Waals surface area contributed by atoms with Crippen molar-refractivity contribution in [1.82, 2.24) is 5.32 Å². The normalized spacial score (nSPS) is 12.8. The molecule has 7 nitrogen and oxygen atoms in total. The molecule has 0 aliphatic heterocycles. The molecule has 4 N–H and O–H groups in total. The van der Waals surface area contributed by atoms with Gasteiger partial charge in [0.2, 0.25) is 11.8 Å². The lowest BCUT2D eigenvalue weighted by Crippen LogP contribution is -2.43. The molecule has 0 aliphatic carbocycles. The molecular formula is C9H13F3N2O5. The van der Waals surface area contributed by atoms with Crippen LogP contribution >= 0.6 is 0 Å². The van der Waals surface area contributed by atoms with Crippen LogP contribution in [-0.4, -0.2) is 48.3 Å². The Bertz CT molecular complexity index is 345. The zero-order chi connectivity index (χ0) is 15.1. The summed E-state index contributed by atoms with van der Waals surface area (Å²) >= 11 is 0. The number of carboxylic acids is 1. The number of nitrogens with two attached hydrogens (primary N) is 1. The van der Waals surface area contributed by atoms with Gasteiger partial charge in [0.25, 0.3) is 0 Å². The molecule has 0 rings (SSSR count). The molecular weight excluding hydrogens is 273 g/mol. The Hall–Kier alpha value is -1.84. The molecule has 0 heterocycles. The Kier molecular flexibility index (Phi) is 6.83. The van der Waals surface area contributed by atoms with E-state index < -0.39 is 56.1 Å². The highest BCUT2D eigenvalue weighted by Gasteiger charge is 2.27. The number of carboxylic acid groups (broad SMARTS) is 1. The number of amides is 2. The topological polar surface area (TPSA) is 119 Å². The van der Waals surface area contributed by atoms with E-state index in [4.69, 9.17) is 10.8 Å². The summed E-state index contributed by atoms with van der Waals surface area (Å²) < 4.78 is 39.2. The minimum Gasteiger partial charge on any atom is -0.480 e. The van der Waals surface area contributed by atoms with Crippen LogP contribution in [0.15, 0.2) is 0 Å². The average Bonchev–Trinajstić information content (AvgIpc) is 2.21. The van der Waals surface area contributed by atoms with Crippen LogP contribution in [-0.2, 0) is 19.1 Å². The molecule has 0 spiro atoms. The number of halogens is 3. The number of carbonyl (C=O) groups excluding carboxylic acids is 2. The molecule has 0 aliphatic rings. The minimum atomic E-state index is -4.49. The third-order valence-electron chi connectivity index (χ3n) is 1.78. The molecule has 19 heavy (non-hydrogen) atoms. The first-order chi connectivity index (χ1) is 8.61. The number of primary amides is 1. The van der Waals surface area contributed by atoms with Crippen LogP contribution in [0, 0.1) is 0 Å². The zero-order valence-corrected chi connectivity index (χ0v) is 9.70. The molecule has 10 heteroatoms. The van der Waals surface area contributed by atoms with E-state index in [1.165, 1.54) is 0 Å². The highest BCUT2D eigenvalue weighted by molar-refractivity contribution is 5.88. The molecule has 0 aromatic carbocycles. The van der Waals surface area contributed by atoms with Gasteiger partial charge in [-0.3, -0.25) is 9.59 Å². The van der Waals surface area contributed by atoms with Crippen molar-refractivity contribution in [1.29, 1.82) is 0 Å². The van der Waals surface area contributed by atoms with E-state index in [0.717, 1.165) is 0 Å². The van der Waals surface area contributed by atoms with Gasteiger partial charge in [-0.25, -0.2) is 4.79 Å². The van der Waals surface area contributed by atoms with E-state index in [9.17, 15) is 27.6 Å². The lowest BCUT2D eigenvalue weighted by molar-refractivity contribution is -0.174. The predicted molar refractivity (Wildman–Crippen MR) is 54.9 cm³/mol. The predicted octanol–water partition coefficient (Wildman–Crippen LogP) is -0.600. The Morgan fingerprint density at radius 2 is 1.89 bits per heavy atom. The van der Waals surface area contributed by atoms with Crippen LogP contribution in [0.2, 0.25) is 0 Å². The maximum Gasteiger partial charge on any atom is 0.411 e. The second-order valence-electron chi connectivity index (χ2n) is 3.55. The van der Waals surface area contributed by atoms with Crippen molar-refractivity contribution in [2.24, 2.45) is 5.73 Å². The fraction of sp³-hybridized carbons (Fsp3) is 0.667. The van der Waals surface area contributed by atoms with Crippen molar-refractivity contribution in [3.05, 3.63) is 0 Å². The lowest BCUT2D eigenvalue weighted by Gasteiger charge is -2.13. The van der Waals surface area contributed by atoms with Gasteiger partial charge in [0.05, 0.1) is 13.0 Å². The van der Waals surface area contributed by atoms with Crippen molar-refractivity contribution < 1.29 is 37.4 Å². The van der Waals surface area contributed by atoms with Crippen molar-refractivity contribution in [2.45, 2.75) is 25.1 Å². The first-order valence-electron chi connectivity index (χ1n) is 5.07. The number of rotatable bonds is 8. The molecule has 1 unspecified atom stereocenters. The Balaban J connectivity index is 4.00. The maximum atomic E-state index is 11.7. The molecule has 0 aromatic rings. The van der Waals surface area contributed by atoms with Gasteiger partial charge in [0.15, 0.2) is 0 Å². The standard InChI is InChI=1S/C9H13F3N2O5/c10-9(11,12)4-19-2-1-7(16)14-5(8(17)18)3-6(13)15/h5H,1-4H2,(H2,13,15)(H,14,16)(H,17,18). The average molecular weight is 286 g/mol. The van der Waals surface area contributed by atoms with Crippen molar-refractivity contribution >= 4 is 17.8 Å². The van der Waals surface area contributed by atoms with Crippen LogP contribution in [0.1, 0.15) is 12.8 Å². The Labute approximate surface area is 105 Å². The SMILES string of the molecule is NC(=O)CC(NC(=O)CCOCC(F)(F)F)C(=O)O. The first-order valence-corrected chi connectivity index (χ1v) is 5.07. The maximum absolute atomic E-state index is 11.7. The third-order valence-corrected chi connectivity index (χ3v) is 1.78. The van der Waals surface area contributed by atoms with Gasteiger partial charge in [-0.05, 0) is 0 Å². The molecule has 2 amide bonds. The van der Waals surface area contributed by atoms with Gasteiger partial charge in [0.1, 0.15) is 12.6 Å². The molecule has 0 fully saturated rings. The summed E-state index contributed by atoms with van der Waals surface area (Å²) in [6, 6.07) is -1.51. The summed E-state index contributed by atoms with van der Waals surface area (Å²) in [5, 5.41) is 10.6. The third kappa shape index (κ3) is 9.83. The van der Waals surface area contributed by atoms with Gasteiger partial charge in [-0.15, -0.1) is 0 Å². The van der Waals surface area contributed by atoms with Crippen LogP contribution < -0.4 is 11.1 Å². The fourth-order valence-corrected chi connectivity index (χ4v) is 1.02. The number of nitrogens with one attached hydrogen (secondary N) is 1.